The minimum absolute atomic E-state index is 0.543. The fourth-order valence-corrected chi connectivity index (χ4v) is 2.82. The normalized spacial score (nSPS) is 17.3. The van der Waals surface area contributed by atoms with E-state index in [1.165, 1.54) is 0 Å². The van der Waals surface area contributed by atoms with Gasteiger partial charge in [0.05, 0.1) is 11.1 Å². The topological polar surface area (TPSA) is 90.1 Å². The summed E-state index contributed by atoms with van der Waals surface area (Å²) in [5.74, 6) is -0.146. The van der Waals surface area contributed by atoms with Gasteiger partial charge in [0.15, 0.2) is 5.82 Å². The Balaban J connectivity index is 2.26. The first-order valence-electron chi connectivity index (χ1n) is 7.17. The summed E-state index contributed by atoms with van der Waals surface area (Å²) in [6, 6.07) is 2.20. The van der Waals surface area contributed by atoms with Gasteiger partial charge < -0.3 is 10.0 Å². The van der Waals surface area contributed by atoms with Crippen molar-refractivity contribution in [1.82, 2.24) is 10.2 Å². The van der Waals surface area contributed by atoms with Gasteiger partial charge in [-0.15, -0.1) is 5.10 Å². The van der Waals surface area contributed by atoms with Gasteiger partial charge in [-0.2, -0.15) is 10.4 Å². The molecule has 6 nitrogen and oxygen atoms in total. The first-order valence-corrected chi connectivity index (χ1v) is 7.17. The number of hydrogen-bond donors (Lipinski definition) is 1. The maximum Gasteiger partial charge on any atom is 0.309 e. The molecule has 1 fully saturated rings. The summed E-state index contributed by atoms with van der Waals surface area (Å²) in [5.41, 5.74) is 1.49. The minimum Gasteiger partial charge on any atom is -0.481 e. The molecule has 6 heteroatoms. The van der Waals surface area contributed by atoms with Gasteiger partial charge in [-0.3, -0.25) is 4.79 Å². The Kier molecular flexibility index (Phi) is 4.12. The maximum atomic E-state index is 11.5. The predicted octanol–water partition coefficient (Wildman–Crippen LogP) is 2.05. The zero-order valence-corrected chi connectivity index (χ0v) is 12.7. The zero-order chi connectivity index (χ0) is 15.6. The van der Waals surface area contributed by atoms with E-state index in [0.717, 1.165) is 11.3 Å². The highest BCUT2D eigenvalue weighted by molar-refractivity contribution is 5.75. The standard InChI is InChI=1S/C15H20N4O2/c1-4-15(14(20)21)5-7-19(8-6-15)13-12(9-16)10(2)11(3)17-18-13/h4-8H2,1-3H3,(H,20,21). The van der Waals surface area contributed by atoms with Gasteiger partial charge in [0.2, 0.25) is 0 Å². The fraction of sp³-hybridized carbons (Fsp3) is 0.600. The summed E-state index contributed by atoms with van der Waals surface area (Å²) in [5, 5.41) is 27.0. The first-order chi connectivity index (χ1) is 9.95. The molecule has 1 aliphatic rings. The molecule has 1 saturated heterocycles. The summed E-state index contributed by atoms with van der Waals surface area (Å²) in [4.78, 5) is 13.5. The molecule has 0 aliphatic carbocycles. The Hall–Kier alpha value is -2.16. The third-order valence-electron chi connectivity index (χ3n) is 4.70. The minimum atomic E-state index is -0.726. The van der Waals surface area contributed by atoms with Crippen molar-refractivity contribution in [1.29, 1.82) is 5.26 Å². The number of nitriles is 1. The molecule has 0 aromatic carbocycles. The number of aromatic nitrogens is 2. The average molecular weight is 288 g/mol. The second-order valence-electron chi connectivity index (χ2n) is 5.65. The smallest absolute Gasteiger partial charge is 0.309 e. The van der Waals surface area contributed by atoms with E-state index in [0.29, 0.717) is 43.7 Å². The van der Waals surface area contributed by atoms with E-state index in [-0.39, 0.29) is 0 Å². The van der Waals surface area contributed by atoms with Crippen molar-refractivity contribution in [2.45, 2.75) is 40.0 Å². The van der Waals surface area contributed by atoms with Crippen LogP contribution < -0.4 is 4.90 Å². The van der Waals surface area contributed by atoms with E-state index in [4.69, 9.17) is 0 Å². The van der Waals surface area contributed by atoms with Crippen molar-refractivity contribution >= 4 is 11.8 Å². The van der Waals surface area contributed by atoms with Gasteiger partial charge in [-0.25, -0.2) is 0 Å². The lowest BCUT2D eigenvalue weighted by Gasteiger charge is -2.39. The Labute approximate surface area is 124 Å². The number of nitrogens with zero attached hydrogens (tertiary/aromatic N) is 4. The maximum absolute atomic E-state index is 11.5. The van der Waals surface area contributed by atoms with Crippen molar-refractivity contribution < 1.29 is 9.90 Å². The highest BCUT2D eigenvalue weighted by Gasteiger charge is 2.40. The van der Waals surface area contributed by atoms with Gasteiger partial charge in [0.1, 0.15) is 11.6 Å². The van der Waals surface area contributed by atoms with Crippen LogP contribution in [0.25, 0.3) is 0 Å². The second-order valence-corrected chi connectivity index (χ2v) is 5.65. The number of carboxylic acids is 1. The molecule has 0 radical (unpaired) electrons. The van der Waals surface area contributed by atoms with Crippen LogP contribution in [0.15, 0.2) is 0 Å². The van der Waals surface area contributed by atoms with Gasteiger partial charge in [0, 0.05) is 13.1 Å². The monoisotopic (exact) mass is 288 g/mol. The molecule has 0 atom stereocenters. The molecule has 2 heterocycles. The molecule has 0 spiro atoms. The van der Waals surface area contributed by atoms with Crippen molar-refractivity contribution in [2.24, 2.45) is 5.41 Å². The van der Waals surface area contributed by atoms with Crippen LogP contribution in [0.2, 0.25) is 0 Å². The number of anilines is 1. The molecule has 0 unspecified atom stereocenters. The van der Waals surface area contributed by atoms with Gasteiger partial charge >= 0.3 is 5.97 Å². The number of hydrogen-bond acceptors (Lipinski definition) is 5. The van der Waals surface area contributed by atoms with Crippen LogP contribution >= 0.6 is 0 Å². The lowest BCUT2D eigenvalue weighted by atomic mass is 9.76. The van der Waals surface area contributed by atoms with Crippen LogP contribution in [0.1, 0.15) is 43.0 Å². The number of rotatable bonds is 3. The molecule has 21 heavy (non-hydrogen) atoms. The molecule has 1 N–H and O–H groups in total. The third-order valence-corrected chi connectivity index (χ3v) is 4.70. The zero-order valence-electron chi connectivity index (χ0n) is 12.7. The molecule has 112 valence electrons. The third kappa shape index (κ3) is 2.56. The summed E-state index contributed by atoms with van der Waals surface area (Å²) in [7, 11) is 0. The molecule has 0 saturated carbocycles. The van der Waals surface area contributed by atoms with E-state index in [2.05, 4.69) is 16.3 Å². The fourth-order valence-electron chi connectivity index (χ4n) is 2.82. The van der Waals surface area contributed by atoms with Crippen LogP contribution in [0.4, 0.5) is 5.82 Å². The van der Waals surface area contributed by atoms with Crippen molar-refractivity contribution in [3.05, 3.63) is 16.8 Å². The van der Waals surface area contributed by atoms with Gasteiger partial charge in [-0.05, 0) is 38.7 Å². The second kappa shape index (κ2) is 5.68. The Morgan fingerprint density at radius 2 is 2.00 bits per heavy atom. The molecular weight excluding hydrogens is 268 g/mol. The van der Waals surface area contributed by atoms with Crippen LogP contribution in [-0.4, -0.2) is 34.4 Å². The highest BCUT2D eigenvalue weighted by Crippen LogP contribution is 2.37. The number of aryl methyl sites for hydroxylation is 1. The Morgan fingerprint density at radius 3 is 2.48 bits per heavy atom. The van der Waals surface area contributed by atoms with Gasteiger partial charge in [-0.1, -0.05) is 6.92 Å². The lowest BCUT2D eigenvalue weighted by molar-refractivity contribution is -0.150. The first kappa shape index (κ1) is 15.2. The van der Waals surface area contributed by atoms with E-state index in [1.54, 1.807) is 0 Å². The van der Waals surface area contributed by atoms with Crippen LogP contribution in [0, 0.1) is 30.6 Å². The predicted molar refractivity (Wildman–Crippen MR) is 78.0 cm³/mol. The SMILES string of the molecule is CCC1(C(=O)O)CCN(c2nnc(C)c(C)c2C#N)CC1. The quantitative estimate of drug-likeness (QED) is 0.915. The highest BCUT2D eigenvalue weighted by atomic mass is 16.4. The Bertz CT molecular complexity index is 598. The van der Waals surface area contributed by atoms with Crippen LogP contribution in [0.3, 0.4) is 0 Å². The van der Waals surface area contributed by atoms with Crippen molar-refractivity contribution in [2.75, 3.05) is 18.0 Å². The number of carbonyl (C=O) groups is 1. The average Bonchev–Trinajstić information content (AvgIpc) is 2.49. The Morgan fingerprint density at radius 1 is 1.38 bits per heavy atom. The van der Waals surface area contributed by atoms with E-state index >= 15 is 0 Å². The van der Waals surface area contributed by atoms with Crippen molar-refractivity contribution in [3.63, 3.8) is 0 Å². The summed E-state index contributed by atoms with van der Waals surface area (Å²) < 4.78 is 0. The van der Waals surface area contributed by atoms with E-state index in [1.807, 2.05) is 25.7 Å². The summed E-state index contributed by atoms with van der Waals surface area (Å²) in [6.45, 7) is 6.79. The molecule has 0 bridgehead atoms. The molecule has 2 rings (SSSR count). The van der Waals surface area contributed by atoms with Crippen molar-refractivity contribution in [3.8, 4) is 6.07 Å². The molecule has 1 aliphatic heterocycles. The van der Waals surface area contributed by atoms with Crippen LogP contribution in [-0.2, 0) is 4.79 Å². The number of piperidine rings is 1. The number of carboxylic acid groups (broad SMARTS) is 1. The molecule has 1 aromatic heterocycles. The van der Waals surface area contributed by atoms with Gasteiger partial charge in [0.25, 0.3) is 0 Å². The summed E-state index contributed by atoms with van der Waals surface area (Å²) >= 11 is 0. The van der Waals surface area contributed by atoms with E-state index in [9.17, 15) is 15.2 Å². The summed E-state index contributed by atoms with van der Waals surface area (Å²) in [6.07, 6.45) is 1.76. The molecule has 1 aromatic rings. The number of aliphatic carboxylic acids is 1. The van der Waals surface area contributed by atoms with E-state index < -0.39 is 11.4 Å². The lowest BCUT2D eigenvalue weighted by Crippen LogP contribution is -2.44. The molecular formula is C15H20N4O2. The molecule has 0 amide bonds. The van der Waals surface area contributed by atoms with Crippen LogP contribution in [0.5, 0.6) is 0 Å². The largest absolute Gasteiger partial charge is 0.481 e.